The molecule has 12 heavy (non-hydrogen) atoms. The van der Waals surface area contributed by atoms with Gasteiger partial charge in [-0.15, -0.1) is 11.3 Å². The normalized spacial score (nSPS) is 10.1. The largest absolute Gasteiger partial charge is 0.480 e. The monoisotopic (exact) mass is 206 g/mol. The van der Waals surface area contributed by atoms with Crippen LogP contribution in [0.2, 0.25) is 4.47 Å². The van der Waals surface area contributed by atoms with E-state index in [0.29, 0.717) is 11.0 Å². The molecule has 2 N–H and O–H groups in total. The van der Waals surface area contributed by atoms with Crippen molar-refractivity contribution in [1.29, 1.82) is 0 Å². The second-order valence-corrected chi connectivity index (χ2v) is 3.77. The number of aromatic nitrogens is 1. The van der Waals surface area contributed by atoms with Crippen molar-refractivity contribution in [2.75, 3.05) is 6.54 Å². The molecule has 0 aliphatic carbocycles. The highest BCUT2D eigenvalue weighted by Crippen LogP contribution is 2.16. The van der Waals surface area contributed by atoms with Crippen LogP contribution in [0.4, 0.5) is 0 Å². The Morgan fingerprint density at radius 3 is 3.08 bits per heavy atom. The van der Waals surface area contributed by atoms with Crippen LogP contribution in [0.3, 0.4) is 0 Å². The number of rotatable bonds is 4. The third-order valence-electron chi connectivity index (χ3n) is 1.10. The fourth-order valence-corrected chi connectivity index (χ4v) is 1.61. The van der Waals surface area contributed by atoms with Crippen molar-refractivity contribution in [3.63, 3.8) is 0 Å². The summed E-state index contributed by atoms with van der Waals surface area (Å²) < 4.78 is 0.474. The van der Waals surface area contributed by atoms with Gasteiger partial charge in [-0.25, -0.2) is 4.98 Å². The Hall–Kier alpha value is -0.650. The summed E-state index contributed by atoms with van der Waals surface area (Å²) in [6.45, 7) is 0.451. The van der Waals surface area contributed by atoms with Gasteiger partial charge in [0.25, 0.3) is 0 Å². The van der Waals surface area contributed by atoms with Gasteiger partial charge < -0.3 is 10.4 Å². The highest BCUT2D eigenvalue weighted by atomic mass is 35.5. The Morgan fingerprint density at radius 1 is 1.83 bits per heavy atom. The van der Waals surface area contributed by atoms with Crippen molar-refractivity contribution in [2.45, 2.75) is 6.54 Å². The van der Waals surface area contributed by atoms with Gasteiger partial charge in [0.15, 0.2) is 4.47 Å². The van der Waals surface area contributed by atoms with Gasteiger partial charge in [-0.1, -0.05) is 11.6 Å². The van der Waals surface area contributed by atoms with Crippen LogP contribution in [0.15, 0.2) is 6.20 Å². The van der Waals surface area contributed by atoms with Crippen molar-refractivity contribution in [3.8, 4) is 0 Å². The summed E-state index contributed by atoms with van der Waals surface area (Å²) in [5.41, 5.74) is 0. The predicted octanol–water partition coefficient (Wildman–Crippen LogP) is 0.971. The number of nitrogens with zero attached hydrogens (tertiary/aromatic N) is 1. The number of hydrogen-bond acceptors (Lipinski definition) is 4. The van der Waals surface area contributed by atoms with Crippen LogP contribution in [0.5, 0.6) is 0 Å². The molecule has 4 nitrogen and oxygen atoms in total. The van der Waals surface area contributed by atoms with Crippen molar-refractivity contribution >= 4 is 28.9 Å². The predicted molar refractivity (Wildman–Crippen MR) is 46.5 cm³/mol. The molecular weight excluding hydrogens is 200 g/mol. The molecule has 0 fully saturated rings. The second kappa shape index (κ2) is 4.39. The molecule has 0 atom stereocenters. The standard InChI is InChI=1S/C6H7ClN2O2S/c7-6-9-2-4(12-6)1-8-3-5(10)11/h2,8H,1,3H2,(H,10,11). The highest BCUT2D eigenvalue weighted by molar-refractivity contribution is 7.15. The average Bonchev–Trinajstić information content (AvgIpc) is 2.35. The zero-order valence-corrected chi connectivity index (χ0v) is 7.65. The van der Waals surface area contributed by atoms with Gasteiger partial charge in [-0.2, -0.15) is 0 Å². The number of aliphatic carboxylic acids is 1. The maximum Gasteiger partial charge on any atom is 0.317 e. The minimum Gasteiger partial charge on any atom is -0.480 e. The molecule has 66 valence electrons. The average molecular weight is 207 g/mol. The Morgan fingerprint density at radius 2 is 2.58 bits per heavy atom. The molecule has 1 rings (SSSR count). The molecule has 0 aliphatic heterocycles. The van der Waals surface area contributed by atoms with Crippen molar-refractivity contribution in [2.24, 2.45) is 0 Å². The number of halogens is 1. The van der Waals surface area contributed by atoms with Crippen LogP contribution >= 0.6 is 22.9 Å². The molecule has 0 bridgehead atoms. The third-order valence-corrected chi connectivity index (χ3v) is 2.22. The van der Waals surface area contributed by atoms with Crippen LogP contribution in [0.25, 0.3) is 0 Å². The van der Waals surface area contributed by atoms with Crippen molar-refractivity contribution in [1.82, 2.24) is 10.3 Å². The van der Waals surface area contributed by atoms with E-state index in [9.17, 15) is 4.79 Å². The summed E-state index contributed by atoms with van der Waals surface area (Å²) in [6, 6.07) is 0. The van der Waals surface area contributed by atoms with E-state index in [2.05, 4.69) is 10.3 Å². The molecule has 1 aromatic heterocycles. The summed E-state index contributed by atoms with van der Waals surface area (Å²) >= 11 is 6.90. The number of hydrogen-bond donors (Lipinski definition) is 2. The van der Waals surface area contributed by atoms with Crippen LogP contribution in [0, 0.1) is 0 Å². The zero-order valence-electron chi connectivity index (χ0n) is 6.08. The SMILES string of the molecule is O=C(O)CNCc1cnc(Cl)s1. The summed E-state index contributed by atoms with van der Waals surface area (Å²) in [5.74, 6) is -0.870. The Bertz CT molecular complexity index is 276. The van der Waals surface area contributed by atoms with Gasteiger partial charge in [0.05, 0.1) is 6.54 Å². The van der Waals surface area contributed by atoms with Crippen molar-refractivity contribution < 1.29 is 9.90 Å². The molecule has 0 saturated heterocycles. The first-order valence-corrected chi connectivity index (χ1v) is 4.40. The van der Waals surface area contributed by atoms with Crippen LogP contribution in [0.1, 0.15) is 4.88 Å². The zero-order chi connectivity index (χ0) is 8.97. The van der Waals surface area contributed by atoms with E-state index < -0.39 is 5.97 Å². The number of carboxylic acids is 1. The first-order valence-electron chi connectivity index (χ1n) is 3.21. The van der Waals surface area contributed by atoms with E-state index in [1.165, 1.54) is 11.3 Å². The van der Waals surface area contributed by atoms with Gasteiger partial charge in [0.2, 0.25) is 0 Å². The van der Waals surface area contributed by atoms with Gasteiger partial charge >= 0.3 is 5.97 Å². The lowest BCUT2D eigenvalue weighted by molar-refractivity contribution is -0.135. The Labute approximate surface area is 78.2 Å². The van der Waals surface area contributed by atoms with Gasteiger partial charge in [-0.3, -0.25) is 4.79 Å². The summed E-state index contributed by atoms with van der Waals surface area (Å²) in [5, 5.41) is 11.0. The fourth-order valence-electron chi connectivity index (χ4n) is 0.658. The van der Waals surface area contributed by atoms with Gasteiger partial charge in [-0.05, 0) is 0 Å². The molecule has 0 aliphatic rings. The van der Waals surface area contributed by atoms with Gasteiger partial charge in [0, 0.05) is 17.6 Å². The lowest BCUT2D eigenvalue weighted by Gasteiger charge is -1.95. The highest BCUT2D eigenvalue weighted by Gasteiger charge is 1.99. The van der Waals surface area contributed by atoms with Crippen LogP contribution in [-0.2, 0) is 11.3 Å². The summed E-state index contributed by atoms with van der Waals surface area (Å²) in [6.07, 6.45) is 1.63. The first kappa shape index (κ1) is 9.44. The fraction of sp³-hybridized carbons (Fsp3) is 0.333. The molecule has 1 heterocycles. The lowest BCUT2D eigenvalue weighted by atomic mass is 10.5. The minimum atomic E-state index is -0.870. The van der Waals surface area contributed by atoms with E-state index in [0.717, 1.165) is 4.88 Å². The molecule has 0 radical (unpaired) electrons. The molecule has 0 spiro atoms. The van der Waals surface area contributed by atoms with Crippen LogP contribution < -0.4 is 5.32 Å². The van der Waals surface area contributed by atoms with Gasteiger partial charge in [0.1, 0.15) is 0 Å². The molecule has 1 aromatic rings. The minimum absolute atomic E-state index is 0.0461. The quantitative estimate of drug-likeness (QED) is 0.771. The van der Waals surface area contributed by atoms with Crippen molar-refractivity contribution in [3.05, 3.63) is 15.5 Å². The van der Waals surface area contributed by atoms with Crippen LogP contribution in [-0.4, -0.2) is 22.6 Å². The maximum absolute atomic E-state index is 10.1. The van der Waals surface area contributed by atoms with E-state index in [1.54, 1.807) is 6.20 Å². The smallest absolute Gasteiger partial charge is 0.317 e. The molecule has 0 unspecified atom stereocenters. The number of carboxylic acid groups (broad SMARTS) is 1. The first-order chi connectivity index (χ1) is 5.68. The van der Waals surface area contributed by atoms with E-state index in [1.807, 2.05) is 0 Å². The number of nitrogens with one attached hydrogen (secondary N) is 1. The number of thiazole rings is 1. The van der Waals surface area contributed by atoms with E-state index in [-0.39, 0.29) is 6.54 Å². The maximum atomic E-state index is 10.1. The van der Waals surface area contributed by atoms with E-state index in [4.69, 9.17) is 16.7 Å². The topological polar surface area (TPSA) is 62.2 Å². The molecule has 0 saturated carbocycles. The Balaban J connectivity index is 2.29. The second-order valence-electron chi connectivity index (χ2n) is 2.08. The molecule has 0 aromatic carbocycles. The van der Waals surface area contributed by atoms with E-state index >= 15 is 0 Å². The number of carbonyl (C=O) groups is 1. The molecule has 0 amide bonds. The summed E-state index contributed by atoms with van der Waals surface area (Å²) in [4.78, 5) is 14.8. The lowest BCUT2D eigenvalue weighted by Crippen LogP contribution is -2.21. The Kier molecular flexibility index (Phi) is 3.46. The third kappa shape index (κ3) is 3.17. The molecular formula is C6H7ClN2O2S. The summed E-state index contributed by atoms with van der Waals surface area (Å²) in [7, 11) is 0. The molecule has 6 heteroatoms.